The van der Waals surface area contributed by atoms with E-state index >= 15 is 0 Å². The van der Waals surface area contributed by atoms with E-state index in [9.17, 15) is 0 Å². The maximum Gasteiger partial charge on any atom is 0.0642 e. The predicted octanol–water partition coefficient (Wildman–Crippen LogP) is 2.46. The summed E-state index contributed by atoms with van der Waals surface area (Å²) in [6.45, 7) is 3.14. The smallest absolute Gasteiger partial charge is 0.0642 e. The Balaban J connectivity index is 2.28. The zero-order chi connectivity index (χ0) is 10.5. The Labute approximate surface area is 87.9 Å². The zero-order valence-corrected chi connectivity index (χ0v) is 8.33. The summed E-state index contributed by atoms with van der Waals surface area (Å²) < 4.78 is 5.28. The van der Waals surface area contributed by atoms with Crippen LogP contribution in [0.1, 0.15) is 0 Å². The summed E-state index contributed by atoms with van der Waals surface area (Å²) in [6, 6.07) is 7.61. The third kappa shape index (κ3) is 2.21. The van der Waals surface area contributed by atoms with Gasteiger partial charge in [0.25, 0.3) is 0 Å². The summed E-state index contributed by atoms with van der Waals surface area (Å²) in [5.74, 6) is 0. The van der Waals surface area contributed by atoms with Crippen molar-refractivity contribution in [3.05, 3.63) is 34.7 Å². The lowest BCUT2D eigenvalue weighted by molar-refractivity contribution is 0.123. The maximum atomic E-state index is 8.46. The molecule has 0 amide bonds. The molecule has 1 saturated heterocycles. The molecule has 0 atom stereocenters. The van der Waals surface area contributed by atoms with Crippen molar-refractivity contribution in [2.24, 2.45) is 5.11 Å². The first-order chi connectivity index (χ1) is 7.42. The van der Waals surface area contributed by atoms with Crippen LogP contribution in [-0.2, 0) is 4.74 Å². The van der Waals surface area contributed by atoms with E-state index in [1.54, 1.807) is 0 Å². The molecule has 0 N–H and O–H groups in total. The van der Waals surface area contributed by atoms with Gasteiger partial charge in [-0.3, -0.25) is 0 Å². The molecule has 5 heteroatoms. The van der Waals surface area contributed by atoms with Gasteiger partial charge in [0, 0.05) is 23.7 Å². The van der Waals surface area contributed by atoms with Gasteiger partial charge in [-0.1, -0.05) is 23.3 Å². The number of anilines is 1. The van der Waals surface area contributed by atoms with Gasteiger partial charge in [-0.15, -0.1) is 0 Å². The molecule has 1 aromatic carbocycles. The van der Waals surface area contributed by atoms with Gasteiger partial charge >= 0.3 is 0 Å². The topological polar surface area (TPSA) is 61.2 Å². The second kappa shape index (κ2) is 4.68. The minimum absolute atomic E-state index is 0.682. The van der Waals surface area contributed by atoms with Crippen LogP contribution in [0.5, 0.6) is 0 Å². The molecule has 78 valence electrons. The van der Waals surface area contributed by atoms with Crippen LogP contribution in [0.2, 0.25) is 0 Å². The Bertz CT molecular complexity index is 381. The number of ether oxygens (including phenoxy) is 1. The minimum Gasteiger partial charge on any atom is -0.378 e. The fraction of sp³-hybridized carbons (Fsp3) is 0.400. The molecule has 0 bridgehead atoms. The normalized spacial score (nSPS) is 15.9. The van der Waals surface area contributed by atoms with Crippen LogP contribution in [0.15, 0.2) is 29.4 Å². The molecule has 2 rings (SSSR count). The molecule has 0 saturated carbocycles. The summed E-state index contributed by atoms with van der Waals surface area (Å²) in [5.41, 5.74) is 10.1. The zero-order valence-electron chi connectivity index (χ0n) is 8.33. The van der Waals surface area contributed by atoms with Crippen LogP contribution >= 0.6 is 0 Å². The summed E-state index contributed by atoms with van der Waals surface area (Å²) in [7, 11) is 0. The molecule has 0 aliphatic carbocycles. The van der Waals surface area contributed by atoms with Crippen LogP contribution in [-0.4, -0.2) is 26.3 Å². The second-order valence-electron chi connectivity index (χ2n) is 3.28. The molecule has 1 aliphatic heterocycles. The third-order valence-electron chi connectivity index (χ3n) is 2.39. The number of rotatable bonds is 2. The van der Waals surface area contributed by atoms with Gasteiger partial charge in [-0.2, -0.15) is 0 Å². The van der Waals surface area contributed by atoms with Crippen LogP contribution in [0.25, 0.3) is 10.4 Å². The summed E-state index contributed by atoms with van der Waals surface area (Å²) in [5, 5.41) is 3.68. The van der Waals surface area contributed by atoms with Gasteiger partial charge in [0.2, 0.25) is 0 Å². The van der Waals surface area contributed by atoms with Gasteiger partial charge in [-0.25, -0.2) is 0 Å². The molecule has 1 aromatic rings. The van der Waals surface area contributed by atoms with Gasteiger partial charge in [0.1, 0.15) is 0 Å². The standard InChI is InChI=1S/C10H12N4O/c11-13-12-9-3-1-2-4-10(9)14-5-7-15-8-6-14/h1-4H,5-8H2. The van der Waals surface area contributed by atoms with Crippen LogP contribution in [0.4, 0.5) is 11.4 Å². The average molecular weight is 204 g/mol. The van der Waals surface area contributed by atoms with Gasteiger partial charge in [-0.05, 0) is 11.6 Å². The fourth-order valence-corrected chi connectivity index (χ4v) is 1.67. The minimum atomic E-state index is 0.682. The molecule has 1 aliphatic rings. The number of azide groups is 1. The molecule has 0 unspecified atom stereocenters. The van der Waals surface area contributed by atoms with Crippen molar-refractivity contribution in [1.82, 2.24) is 0 Å². The highest BCUT2D eigenvalue weighted by Gasteiger charge is 2.13. The van der Waals surface area contributed by atoms with Gasteiger partial charge < -0.3 is 9.64 Å². The molecule has 1 heterocycles. The van der Waals surface area contributed by atoms with E-state index in [-0.39, 0.29) is 0 Å². The number of morpholine rings is 1. The number of para-hydroxylation sites is 1. The van der Waals surface area contributed by atoms with E-state index < -0.39 is 0 Å². The monoisotopic (exact) mass is 204 g/mol. The van der Waals surface area contributed by atoms with Gasteiger partial charge in [0.05, 0.1) is 18.9 Å². The Kier molecular flexibility index (Phi) is 3.07. The van der Waals surface area contributed by atoms with Crippen molar-refractivity contribution >= 4 is 11.4 Å². The van der Waals surface area contributed by atoms with Crippen molar-refractivity contribution in [3.8, 4) is 0 Å². The Morgan fingerprint density at radius 2 is 2.00 bits per heavy atom. The summed E-state index contributed by atoms with van der Waals surface area (Å²) in [6.07, 6.45) is 0. The van der Waals surface area contributed by atoms with Crippen molar-refractivity contribution < 1.29 is 4.74 Å². The first-order valence-corrected chi connectivity index (χ1v) is 4.88. The second-order valence-corrected chi connectivity index (χ2v) is 3.28. The SMILES string of the molecule is [N-]=[N+]=Nc1ccccc1N1CCOCC1. The van der Waals surface area contributed by atoms with E-state index in [0.717, 1.165) is 32.0 Å². The van der Waals surface area contributed by atoms with Gasteiger partial charge in [0.15, 0.2) is 0 Å². The average Bonchev–Trinajstić information content (AvgIpc) is 2.31. The van der Waals surface area contributed by atoms with E-state index in [1.165, 1.54) is 0 Å². The van der Waals surface area contributed by atoms with E-state index in [1.807, 2.05) is 24.3 Å². The quantitative estimate of drug-likeness (QED) is 0.422. The lowest BCUT2D eigenvalue weighted by atomic mass is 10.2. The number of hydrogen-bond acceptors (Lipinski definition) is 3. The molecule has 15 heavy (non-hydrogen) atoms. The molecule has 0 radical (unpaired) electrons. The number of nitrogens with zero attached hydrogens (tertiary/aromatic N) is 4. The van der Waals surface area contributed by atoms with Crippen LogP contribution in [0.3, 0.4) is 0 Å². The van der Waals surface area contributed by atoms with E-state index in [0.29, 0.717) is 5.69 Å². The van der Waals surface area contributed by atoms with Crippen molar-refractivity contribution in [3.63, 3.8) is 0 Å². The number of benzene rings is 1. The molecular weight excluding hydrogens is 192 g/mol. The Morgan fingerprint density at radius 1 is 1.27 bits per heavy atom. The molecule has 0 aromatic heterocycles. The van der Waals surface area contributed by atoms with Crippen LogP contribution < -0.4 is 4.90 Å². The highest BCUT2D eigenvalue weighted by Crippen LogP contribution is 2.28. The first-order valence-electron chi connectivity index (χ1n) is 4.88. The molecular formula is C10H12N4O. The van der Waals surface area contributed by atoms with Crippen molar-refractivity contribution in [2.45, 2.75) is 0 Å². The summed E-state index contributed by atoms with van der Waals surface area (Å²) >= 11 is 0. The van der Waals surface area contributed by atoms with Crippen LogP contribution in [0, 0.1) is 0 Å². The van der Waals surface area contributed by atoms with E-state index in [2.05, 4.69) is 14.9 Å². The largest absolute Gasteiger partial charge is 0.378 e. The predicted molar refractivity (Wildman–Crippen MR) is 58.3 cm³/mol. The van der Waals surface area contributed by atoms with E-state index in [4.69, 9.17) is 10.3 Å². The molecule has 0 spiro atoms. The maximum absolute atomic E-state index is 8.46. The van der Waals surface area contributed by atoms with Crippen molar-refractivity contribution in [2.75, 3.05) is 31.2 Å². The third-order valence-corrected chi connectivity index (χ3v) is 2.39. The van der Waals surface area contributed by atoms with Crippen molar-refractivity contribution in [1.29, 1.82) is 0 Å². The lowest BCUT2D eigenvalue weighted by Gasteiger charge is -2.29. The lowest BCUT2D eigenvalue weighted by Crippen LogP contribution is -2.36. The fourth-order valence-electron chi connectivity index (χ4n) is 1.67. The highest BCUT2D eigenvalue weighted by molar-refractivity contribution is 5.66. The Hall–Kier alpha value is -1.71. The molecule has 5 nitrogen and oxygen atoms in total. The Morgan fingerprint density at radius 3 is 2.73 bits per heavy atom. The summed E-state index contributed by atoms with van der Waals surface area (Å²) in [4.78, 5) is 5.00. The molecule has 1 fully saturated rings. The first kappa shape index (κ1) is 9.83. The highest BCUT2D eigenvalue weighted by atomic mass is 16.5. The number of hydrogen-bond donors (Lipinski definition) is 0.